The molecule has 0 radical (unpaired) electrons. The summed E-state index contributed by atoms with van der Waals surface area (Å²) in [6.45, 7) is 7.06. The summed E-state index contributed by atoms with van der Waals surface area (Å²) in [5, 5.41) is 2.58. The van der Waals surface area contributed by atoms with Gasteiger partial charge in [-0.25, -0.2) is 8.42 Å². The molecule has 1 N–H and O–H groups in total. The van der Waals surface area contributed by atoms with Crippen LogP contribution in [0.25, 0.3) is 0 Å². The molecule has 2 amide bonds. The van der Waals surface area contributed by atoms with Crippen molar-refractivity contribution < 1.29 is 18.0 Å². The van der Waals surface area contributed by atoms with Gasteiger partial charge in [0.2, 0.25) is 11.8 Å². The Morgan fingerprint density at radius 1 is 0.889 bits per heavy atom. The monoisotopic (exact) mass is 507 g/mol. The SMILES string of the molecule is CNC(=O)C(C)N(Cc1ccccc1)C(=O)CN(c1ccc(C)c(C)c1)S(=O)(=O)c1ccc(C)cc1. The Morgan fingerprint density at radius 3 is 2.11 bits per heavy atom. The van der Waals surface area contributed by atoms with Crippen molar-refractivity contribution >= 4 is 27.5 Å². The van der Waals surface area contributed by atoms with Crippen LogP contribution in [0.15, 0.2) is 77.7 Å². The smallest absolute Gasteiger partial charge is 0.264 e. The van der Waals surface area contributed by atoms with Gasteiger partial charge in [-0.2, -0.15) is 0 Å². The Hall–Kier alpha value is -3.65. The second-order valence-electron chi connectivity index (χ2n) is 8.89. The van der Waals surface area contributed by atoms with Gasteiger partial charge >= 0.3 is 0 Å². The molecule has 8 heteroatoms. The Morgan fingerprint density at radius 2 is 1.53 bits per heavy atom. The van der Waals surface area contributed by atoms with E-state index in [4.69, 9.17) is 0 Å². The lowest BCUT2D eigenvalue weighted by molar-refractivity contribution is -0.139. The average Bonchev–Trinajstić information content (AvgIpc) is 2.87. The number of nitrogens with one attached hydrogen (secondary N) is 1. The van der Waals surface area contributed by atoms with Gasteiger partial charge in [0.05, 0.1) is 10.6 Å². The predicted octanol–water partition coefficient (Wildman–Crippen LogP) is 3.97. The third kappa shape index (κ3) is 6.12. The molecule has 1 atom stereocenters. The number of carbonyl (C=O) groups is 2. The molecule has 3 aromatic rings. The molecule has 3 rings (SSSR count). The van der Waals surface area contributed by atoms with Gasteiger partial charge in [-0.3, -0.25) is 13.9 Å². The third-order valence-corrected chi connectivity index (χ3v) is 8.06. The van der Waals surface area contributed by atoms with Gasteiger partial charge < -0.3 is 10.2 Å². The molecule has 1 unspecified atom stereocenters. The maximum atomic E-state index is 13.8. The Balaban J connectivity index is 2.05. The number of rotatable bonds is 9. The first kappa shape index (κ1) is 26.9. The van der Waals surface area contributed by atoms with Gasteiger partial charge in [-0.05, 0) is 68.7 Å². The Labute approximate surface area is 213 Å². The third-order valence-electron chi connectivity index (χ3n) is 6.28. The number of amides is 2. The van der Waals surface area contributed by atoms with Crippen LogP contribution in [0.2, 0.25) is 0 Å². The van der Waals surface area contributed by atoms with Crippen molar-refractivity contribution in [2.45, 2.75) is 45.2 Å². The van der Waals surface area contributed by atoms with E-state index in [-0.39, 0.29) is 17.3 Å². The number of carbonyl (C=O) groups excluding carboxylic acids is 2. The van der Waals surface area contributed by atoms with Crippen molar-refractivity contribution in [3.63, 3.8) is 0 Å². The summed E-state index contributed by atoms with van der Waals surface area (Å²) in [6, 6.07) is 20.3. The van der Waals surface area contributed by atoms with E-state index in [1.54, 1.807) is 31.2 Å². The minimum Gasteiger partial charge on any atom is -0.357 e. The fourth-order valence-electron chi connectivity index (χ4n) is 3.82. The molecule has 0 spiro atoms. The van der Waals surface area contributed by atoms with Crippen LogP contribution in [0.1, 0.15) is 29.2 Å². The molecule has 0 aromatic heterocycles. The standard InChI is InChI=1S/C28H33N3O4S/c1-20-11-15-26(16-12-20)36(34,35)31(25-14-13-21(2)22(3)17-25)19-27(32)30(23(4)28(33)29-5)18-24-9-7-6-8-10-24/h6-17,23H,18-19H2,1-5H3,(H,29,33). The summed E-state index contributed by atoms with van der Waals surface area (Å²) >= 11 is 0. The maximum absolute atomic E-state index is 13.8. The first-order chi connectivity index (χ1) is 17.0. The van der Waals surface area contributed by atoms with Crippen LogP contribution in [-0.4, -0.2) is 44.8 Å². The van der Waals surface area contributed by atoms with Crippen LogP contribution in [0.4, 0.5) is 5.69 Å². The van der Waals surface area contributed by atoms with Crippen molar-refractivity contribution in [2.75, 3.05) is 17.9 Å². The van der Waals surface area contributed by atoms with Crippen LogP contribution in [0, 0.1) is 20.8 Å². The van der Waals surface area contributed by atoms with Gasteiger partial charge in [-0.15, -0.1) is 0 Å². The number of anilines is 1. The van der Waals surface area contributed by atoms with Crippen LogP contribution in [-0.2, 0) is 26.2 Å². The van der Waals surface area contributed by atoms with Gasteiger partial charge in [0.1, 0.15) is 12.6 Å². The Bertz CT molecular complexity index is 1320. The van der Waals surface area contributed by atoms with Crippen molar-refractivity contribution in [2.24, 2.45) is 0 Å². The average molecular weight is 508 g/mol. The Kier molecular flexibility index (Phi) is 8.53. The molecule has 0 aliphatic carbocycles. The van der Waals surface area contributed by atoms with Crippen LogP contribution < -0.4 is 9.62 Å². The number of benzene rings is 3. The number of hydrogen-bond acceptors (Lipinski definition) is 4. The van der Waals surface area contributed by atoms with Crippen molar-refractivity contribution in [1.82, 2.24) is 10.2 Å². The zero-order valence-electron chi connectivity index (χ0n) is 21.4. The summed E-state index contributed by atoms with van der Waals surface area (Å²) in [4.78, 5) is 27.7. The minimum atomic E-state index is -4.07. The molecule has 0 aliphatic rings. The second-order valence-corrected chi connectivity index (χ2v) is 10.8. The quantitative estimate of drug-likeness (QED) is 0.475. The van der Waals surface area contributed by atoms with E-state index in [1.807, 2.05) is 57.2 Å². The highest BCUT2D eigenvalue weighted by molar-refractivity contribution is 7.92. The number of hydrogen-bond donors (Lipinski definition) is 1. The maximum Gasteiger partial charge on any atom is 0.264 e. The van der Waals surface area contributed by atoms with Crippen LogP contribution in [0.3, 0.4) is 0 Å². The van der Waals surface area contributed by atoms with E-state index >= 15 is 0 Å². The first-order valence-electron chi connectivity index (χ1n) is 11.8. The lowest BCUT2D eigenvalue weighted by Crippen LogP contribution is -2.50. The molecule has 3 aromatic carbocycles. The predicted molar refractivity (Wildman–Crippen MR) is 142 cm³/mol. The molecule has 36 heavy (non-hydrogen) atoms. The molecule has 0 aliphatic heterocycles. The zero-order valence-corrected chi connectivity index (χ0v) is 22.2. The summed E-state index contributed by atoms with van der Waals surface area (Å²) in [7, 11) is -2.56. The fourth-order valence-corrected chi connectivity index (χ4v) is 5.22. The lowest BCUT2D eigenvalue weighted by atomic mass is 10.1. The van der Waals surface area contributed by atoms with Gasteiger partial charge in [0, 0.05) is 13.6 Å². The number of nitrogens with zero attached hydrogens (tertiary/aromatic N) is 2. The molecule has 0 saturated carbocycles. The molecular weight excluding hydrogens is 474 g/mol. The molecule has 7 nitrogen and oxygen atoms in total. The summed E-state index contributed by atoms with van der Waals surface area (Å²) in [5.74, 6) is -0.817. The van der Waals surface area contributed by atoms with Crippen molar-refractivity contribution in [3.05, 3.63) is 95.1 Å². The van der Waals surface area contributed by atoms with E-state index in [2.05, 4.69) is 5.32 Å². The second kappa shape index (κ2) is 11.4. The molecular formula is C28H33N3O4S. The van der Waals surface area contributed by atoms with E-state index < -0.39 is 28.5 Å². The first-order valence-corrected chi connectivity index (χ1v) is 13.2. The largest absolute Gasteiger partial charge is 0.357 e. The van der Waals surface area contributed by atoms with Gasteiger partial charge in [0.25, 0.3) is 10.0 Å². The van der Waals surface area contributed by atoms with E-state index in [9.17, 15) is 18.0 Å². The lowest BCUT2D eigenvalue weighted by Gasteiger charge is -2.32. The summed E-state index contributed by atoms with van der Waals surface area (Å²) < 4.78 is 28.7. The van der Waals surface area contributed by atoms with E-state index in [0.29, 0.717) is 5.69 Å². The summed E-state index contributed by atoms with van der Waals surface area (Å²) in [6.07, 6.45) is 0. The van der Waals surface area contributed by atoms with E-state index in [0.717, 1.165) is 26.6 Å². The van der Waals surface area contributed by atoms with E-state index in [1.165, 1.54) is 24.1 Å². The molecule has 0 bridgehead atoms. The highest BCUT2D eigenvalue weighted by Gasteiger charge is 2.32. The fraction of sp³-hybridized carbons (Fsp3) is 0.286. The highest BCUT2D eigenvalue weighted by Crippen LogP contribution is 2.26. The van der Waals surface area contributed by atoms with Crippen LogP contribution >= 0.6 is 0 Å². The normalized spacial score (nSPS) is 12.0. The number of sulfonamides is 1. The van der Waals surface area contributed by atoms with Crippen molar-refractivity contribution in [1.29, 1.82) is 0 Å². The van der Waals surface area contributed by atoms with Gasteiger partial charge in [-0.1, -0.05) is 54.1 Å². The van der Waals surface area contributed by atoms with Gasteiger partial charge in [0.15, 0.2) is 0 Å². The number of aryl methyl sites for hydroxylation is 3. The topological polar surface area (TPSA) is 86.8 Å². The highest BCUT2D eigenvalue weighted by atomic mass is 32.2. The van der Waals surface area contributed by atoms with Crippen molar-refractivity contribution in [3.8, 4) is 0 Å². The summed E-state index contributed by atoms with van der Waals surface area (Å²) in [5.41, 5.74) is 4.07. The minimum absolute atomic E-state index is 0.0908. The molecule has 0 fully saturated rings. The number of likely N-dealkylation sites (N-methyl/N-ethyl adjacent to an activating group) is 1. The molecule has 0 saturated heterocycles. The van der Waals surface area contributed by atoms with Crippen LogP contribution in [0.5, 0.6) is 0 Å². The molecule has 0 heterocycles. The zero-order chi connectivity index (χ0) is 26.5. The molecule has 190 valence electrons.